The highest BCUT2D eigenvalue weighted by Crippen LogP contribution is 2.11. The predicted octanol–water partition coefficient (Wildman–Crippen LogP) is 0.689. The van der Waals surface area contributed by atoms with Crippen molar-refractivity contribution in [1.29, 1.82) is 0 Å². The van der Waals surface area contributed by atoms with Crippen molar-refractivity contribution in [3.63, 3.8) is 0 Å². The van der Waals surface area contributed by atoms with E-state index in [2.05, 4.69) is 15.3 Å². The van der Waals surface area contributed by atoms with Gasteiger partial charge in [0.15, 0.2) is 5.96 Å². The molecule has 0 saturated heterocycles. The molecule has 0 atom stereocenters. The highest BCUT2D eigenvalue weighted by Gasteiger charge is 2.11. The molecule has 1 rings (SSSR count). The number of nitrogens with one attached hydrogen (secondary N) is 1. The average Bonchev–Trinajstić information content (AvgIpc) is 2.54. The lowest BCUT2D eigenvalue weighted by molar-refractivity contribution is 0.508. The third-order valence-electron chi connectivity index (χ3n) is 2.37. The van der Waals surface area contributed by atoms with Crippen LogP contribution in [-0.4, -0.2) is 35.1 Å². The Morgan fingerprint density at radius 1 is 1.50 bits per heavy atom. The van der Waals surface area contributed by atoms with Crippen molar-refractivity contribution in [3.05, 3.63) is 11.9 Å². The zero-order valence-corrected chi connectivity index (χ0v) is 12.2. The van der Waals surface area contributed by atoms with Gasteiger partial charge in [-0.2, -0.15) is 0 Å². The van der Waals surface area contributed by atoms with E-state index in [9.17, 15) is 0 Å². The van der Waals surface area contributed by atoms with Gasteiger partial charge in [-0.1, -0.05) is 0 Å². The van der Waals surface area contributed by atoms with E-state index >= 15 is 0 Å². The molecule has 18 heavy (non-hydrogen) atoms. The lowest BCUT2D eigenvalue weighted by Gasteiger charge is -2.21. The topological polar surface area (TPSA) is 71.5 Å². The summed E-state index contributed by atoms with van der Waals surface area (Å²) in [6.45, 7) is 6.66. The minimum atomic E-state index is -0.0746. The van der Waals surface area contributed by atoms with E-state index in [0.717, 1.165) is 11.6 Å². The Kier molecular flexibility index (Phi) is 4.21. The van der Waals surface area contributed by atoms with Crippen LogP contribution in [0.1, 0.15) is 26.5 Å². The van der Waals surface area contributed by atoms with Crippen molar-refractivity contribution < 1.29 is 0 Å². The molecule has 0 aliphatic carbocycles. The van der Waals surface area contributed by atoms with Crippen LogP contribution in [-0.2, 0) is 13.6 Å². The molecule has 0 spiro atoms. The summed E-state index contributed by atoms with van der Waals surface area (Å²) in [7, 11) is 5.90. The van der Waals surface area contributed by atoms with Gasteiger partial charge >= 0.3 is 0 Å². The Labute approximate surface area is 109 Å². The summed E-state index contributed by atoms with van der Waals surface area (Å²) >= 11 is 0. The van der Waals surface area contributed by atoms with Crippen molar-refractivity contribution in [2.24, 2.45) is 17.8 Å². The summed E-state index contributed by atoms with van der Waals surface area (Å²) in [5.41, 5.74) is 6.77. The highest BCUT2D eigenvalue weighted by molar-refractivity contribution is 5.78. The highest BCUT2D eigenvalue weighted by atomic mass is 15.3. The number of hydrogen-bond acceptors (Lipinski definition) is 3. The van der Waals surface area contributed by atoms with Gasteiger partial charge in [0.1, 0.15) is 0 Å². The number of aliphatic imine (C=N–C) groups is 1. The van der Waals surface area contributed by atoms with Gasteiger partial charge in [0.05, 0.1) is 18.4 Å². The Bertz CT molecular complexity index is 424. The van der Waals surface area contributed by atoms with Crippen LogP contribution in [0.15, 0.2) is 11.2 Å². The molecule has 3 N–H and O–H groups in total. The van der Waals surface area contributed by atoms with Crippen LogP contribution in [0.4, 0.5) is 5.95 Å². The zero-order chi connectivity index (χ0) is 13.9. The molecule has 0 unspecified atom stereocenters. The van der Waals surface area contributed by atoms with Crippen LogP contribution in [0.2, 0.25) is 0 Å². The second-order valence-corrected chi connectivity index (χ2v) is 5.58. The molecule has 1 aromatic rings. The van der Waals surface area contributed by atoms with Crippen LogP contribution in [0, 0.1) is 0 Å². The second-order valence-electron chi connectivity index (χ2n) is 5.58. The normalized spacial score (nSPS) is 12.7. The number of aromatic nitrogens is 2. The molecule has 0 aliphatic heterocycles. The fourth-order valence-electron chi connectivity index (χ4n) is 1.59. The SMILES string of the molecule is CN(C)c1ncc(CN=C(N)NC(C)(C)C)n1C. The fourth-order valence-corrected chi connectivity index (χ4v) is 1.59. The number of imidazole rings is 1. The van der Waals surface area contributed by atoms with Crippen molar-refractivity contribution in [2.75, 3.05) is 19.0 Å². The van der Waals surface area contributed by atoms with E-state index in [4.69, 9.17) is 5.73 Å². The van der Waals surface area contributed by atoms with Crippen LogP contribution in [0.25, 0.3) is 0 Å². The van der Waals surface area contributed by atoms with E-state index in [1.54, 1.807) is 0 Å². The average molecular weight is 252 g/mol. The largest absolute Gasteiger partial charge is 0.370 e. The maximum atomic E-state index is 5.82. The van der Waals surface area contributed by atoms with Gasteiger partial charge in [-0.25, -0.2) is 9.98 Å². The molecule has 6 nitrogen and oxygen atoms in total. The van der Waals surface area contributed by atoms with Crippen LogP contribution >= 0.6 is 0 Å². The lowest BCUT2D eigenvalue weighted by atomic mass is 10.1. The smallest absolute Gasteiger partial charge is 0.204 e. The van der Waals surface area contributed by atoms with E-state index in [1.807, 2.05) is 57.6 Å². The van der Waals surface area contributed by atoms with Crippen LogP contribution < -0.4 is 16.0 Å². The summed E-state index contributed by atoms with van der Waals surface area (Å²) in [6, 6.07) is 0. The van der Waals surface area contributed by atoms with Crippen molar-refractivity contribution >= 4 is 11.9 Å². The quantitative estimate of drug-likeness (QED) is 0.613. The van der Waals surface area contributed by atoms with E-state index in [0.29, 0.717) is 12.5 Å². The van der Waals surface area contributed by atoms with Gasteiger partial charge in [0.25, 0.3) is 0 Å². The molecule has 0 amide bonds. The first-order valence-electron chi connectivity index (χ1n) is 5.97. The second kappa shape index (κ2) is 5.29. The Balaban J connectivity index is 2.72. The zero-order valence-electron chi connectivity index (χ0n) is 12.2. The third kappa shape index (κ3) is 3.94. The van der Waals surface area contributed by atoms with Gasteiger partial charge in [-0.3, -0.25) is 0 Å². The number of rotatable bonds is 3. The Morgan fingerprint density at radius 2 is 2.11 bits per heavy atom. The minimum Gasteiger partial charge on any atom is -0.370 e. The molecule has 102 valence electrons. The van der Waals surface area contributed by atoms with Crippen LogP contribution in [0.3, 0.4) is 0 Å². The lowest BCUT2D eigenvalue weighted by Crippen LogP contribution is -2.45. The Hall–Kier alpha value is -1.72. The maximum absolute atomic E-state index is 5.82. The first-order chi connectivity index (χ1) is 8.20. The van der Waals surface area contributed by atoms with Crippen molar-refractivity contribution in [2.45, 2.75) is 32.9 Å². The fraction of sp³-hybridized carbons (Fsp3) is 0.667. The molecule has 1 aromatic heterocycles. The first-order valence-corrected chi connectivity index (χ1v) is 5.97. The molecule has 6 heteroatoms. The van der Waals surface area contributed by atoms with Gasteiger partial charge < -0.3 is 20.5 Å². The summed E-state index contributed by atoms with van der Waals surface area (Å²) in [6.07, 6.45) is 1.82. The first kappa shape index (κ1) is 14.3. The number of hydrogen-bond donors (Lipinski definition) is 2. The minimum absolute atomic E-state index is 0.0746. The predicted molar refractivity (Wildman–Crippen MR) is 75.8 cm³/mol. The summed E-state index contributed by atoms with van der Waals surface area (Å²) in [5, 5.41) is 3.13. The molecule has 0 fully saturated rings. The van der Waals surface area contributed by atoms with Gasteiger partial charge in [-0.05, 0) is 20.8 Å². The molecule has 0 radical (unpaired) electrons. The maximum Gasteiger partial charge on any atom is 0.204 e. The monoisotopic (exact) mass is 252 g/mol. The van der Waals surface area contributed by atoms with E-state index in [1.165, 1.54) is 0 Å². The standard InChI is InChI=1S/C12H24N6/c1-12(2,3)16-10(13)14-7-9-8-15-11(17(4)5)18(9)6/h8H,7H2,1-6H3,(H3,13,14,16). The number of nitrogens with two attached hydrogens (primary N) is 1. The van der Waals surface area contributed by atoms with Crippen molar-refractivity contribution in [1.82, 2.24) is 14.9 Å². The molecule has 0 aromatic carbocycles. The van der Waals surface area contributed by atoms with Crippen LogP contribution in [0.5, 0.6) is 0 Å². The molecule has 0 saturated carbocycles. The molecular formula is C12H24N6. The summed E-state index contributed by atoms with van der Waals surface area (Å²) in [4.78, 5) is 10.6. The molecule has 0 bridgehead atoms. The van der Waals surface area contributed by atoms with Gasteiger partial charge in [-0.15, -0.1) is 0 Å². The number of anilines is 1. The molecular weight excluding hydrogens is 228 g/mol. The summed E-state index contributed by atoms with van der Waals surface area (Å²) < 4.78 is 2.01. The van der Waals surface area contributed by atoms with E-state index in [-0.39, 0.29) is 5.54 Å². The summed E-state index contributed by atoms with van der Waals surface area (Å²) in [5.74, 6) is 1.36. The molecule has 0 aliphatic rings. The number of nitrogens with zero attached hydrogens (tertiary/aromatic N) is 4. The van der Waals surface area contributed by atoms with Crippen molar-refractivity contribution in [3.8, 4) is 0 Å². The van der Waals surface area contributed by atoms with E-state index < -0.39 is 0 Å². The third-order valence-corrected chi connectivity index (χ3v) is 2.37. The molecule has 1 heterocycles. The number of guanidine groups is 1. The van der Waals surface area contributed by atoms with Gasteiger partial charge in [0, 0.05) is 26.7 Å². The van der Waals surface area contributed by atoms with Gasteiger partial charge in [0.2, 0.25) is 5.95 Å². The Morgan fingerprint density at radius 3 is 2.56 bits per heavy atom.